The van der Waals surface area contributed by atoms with E-state index in [-0.39, 0.29) is 10.8 Å². The summed E-state index contributed by atoms with van der Waals surface area (Å²) in [5.41, 5.74) is 2.93. The van der Waals surface area contributed by atoms with E-state index in [0.717, 1.165) is 63.8 Å². The van der Waals surface area contributed by atoms with Crippen molar-refractivity contribution >= 4 is 5.91 Å². The average Bonchev–Trinajstić information content (AvgIpc) is 2.80. The molecule has 0 radical (unpaired) electrons. The summed E-state index contributed by atoms with van der Waals surface area (Å²) in [4.78, 5) is 22.8. The zero-order chi connectivity index (χ0) is 20.9. The molecule has 2 heterocycles. The largest absolute Gasteiger partial charge is 0.340 e. The van der Waals surface area contributed by atoms with Gasteiger partial charge in [-0.3, -0.25) is 14.7 Å². The molecule has 1 aromatic carbocycles. The maximum absolute atomic E-state index is 14.0. The Kier molecular flexibility index (Phi) is 4.68. The molecule has 5 fully saturated rings. The van der Waals surface area contributed by atoms with Crippen LogP contribution in [0, 0.1) is 17.3 Å². The molecule has 0 N–H and O–H groups in total. The summed E-state index contributed by atoms with van der Waals surface area (Å²) in [6.07, 6.45) is 11.0. The third kappa shape index (κ3) is 3.40. The van der Waals surface area contributed by atoms with E-state index in [1.165, 1.54) is 30.4 Å². The van der Waals surface area contributed by atoms with Gasteiger partial charge in [0.2, 0.25) is 5.91 Å². The number of nitrogens with zero attached hydrogens (tertiary/aromatic N) is 3. The van der Waals surface area contributed by atoms with E-state index < -0.39 is 0 Å². The summed E-state index contributed by atoms with van der Waals surface area (Å²) < 4.78 is 0. The number of carbonyl (C=O) groups is 1. The van der Waals surface area contributed by atoms with Crippen LogP contribution in [0.25, 0.3) is 0 Å². The summed E-state index contributed by atoms with van der Waals surface area (Å²) in [6, 6.07) is 15.3. The van der Waals surface area contributed by atoms with Crippen molar-refractivity contribution in [1.82, 2.24) is 14.8 Å². The molecule has 31 heavy (non-hydrogen) atoms. The van der Waals surface area contributed by atoms with Crippen LogP contribution in [0.3, 0.4) is 0 Å². The van der Waals surface area contributed by atoms with E-state index in [1.807, 2.05) is 12.4 Å². The van der Waals surface area contributed by atoms with Crippen LogP contribution in [-0.2, 0) is 16.8 Å². The van der Waals surface area contributed by atoms with Crippen LogP contribution in [0.5, 0.6) is 0 Å². The molecular weight excluding hydrogens is 382 g/mol. The van der Waals surface area contributed by atoms with Crippen molar-refractivity contribution in [3.05, 3.63) is 66.0 Å². The third-order valence-electron chi connectivity index (χ3n) is 8.72. The molecule has 5 aliphatic rings. The number of amides is 1. The van der Waals surface area contributed by atoms with E-state index in [4.69, 9.17) is 0 Å². The third-order valence-corrected chi connectivity index (χ3v) is 8.72. The van der Waals surface area contributed by atoms with E-state index in [9.17, 15) is 4.79 Å². The van der Waals surface area contributed by atoms with Gasteiger partial charge in [0.05, 0.1) is 5.41 Å². The molecule has 2 atom stereocenters. The molecule has 1 aromatic heterocycles. The van der Waals surface area contributed by atoms with Gasteiger partial charge in [0, 0.05) is 45.1 Å². The van der Waals surface area contributed by atoms with Gasteiger partial charge in [-0.05, 0) is 79.0 Å². The first kappa shape index (κ1) is 19.5. The number of aromatic nitrogens is 1. The second-order valence-electron chi connectivity index (χ2n) is 10.8. The van der Waals surface area contributed by atoms with Crippen LogP contribution in [0.4, 0.5) is 0 Å². The number of rotatable bonds is 4. The standard InChI is InChI=1S/C27H33N3O/c31-25(30-12-10-29(11-13-30)19-21-6-8-28-9-7-21)27-17-22-14-23(18-27)16-26(15-22,20-27)24-4-2-1-3-5-24/h1-9,22-23H,10-20H2/t22-,23-,26?,27?/m1/s1. The van der Waals surface area contributed by atoms with E-state index in [0.29, 0.717) is 5.91 Å². The fraction of sp³-hybridized carbons (Fsp3) is 0.556. The summed E-state index contributed by atoms with van der Waals surface area (Å²) in [7, 11) is 0. The molecule has 4 bridgehead atoms. The number of piperazine rings is 1. The van der Waals surface area contributed by atoms with Gasteiger partial charge in [-0.1, -0.05) is 30.3 Å². The van der Waals surface area contributed by atoms with Gasteiger partial charge in [0.15, 0.2) is 0 Å². The van der Waals surface area contributed by atoms with Crippen molar-refractivity contribution in [3.63, 3.8) is 0 Å². The Hall–Kier alpha value is -2.20. The fourth-order valence-corrected chi connectivity index (χ4v) is 7.83. The lowest BCUT2D eigenvalue weighted by atomic mass is 9.42. The van der Waals surface area contributed by atoms with Gasteiger partial charge in [0.1, 0.15) is 0 Å². The van der Waals surface area contributed by atoms with Crippen molar-refractivity contribution < 1.29 is 4.79 Å². The van der Waals surface area contributed by atoms with Crippen LogP contribution in [0.15, 0.2) is 54.9 Å². The molecular formula is C27H33N3O. The van der Waals surface area contributed by atoms with Crippen LogP contribution in [0.2, 0.25) is 0 Å². The highest BCUT2D eigenvalue weighted by Gasteiger charge is 2.61. The Morgan fingerprint density at radius 3 is 2.26 bits per heavy atom. The molecule has 1 amide bonds. The molecule has 7 rings (SSSR count). The Morgan fingerprint density at radius 2 is 1.58 bits per heavy atom. The molecule has 4 nitrogen and oxygen atoms in total. The van der Waals surface area contributed by atoms with Crippen molar-refractivity contribution in [1.29, 1.82) is 0 Å². The second kappa shape index (κ2) is 7.44. The monoisotopic (exact) mass is 415 g/mol. The lowest BCUT2D eigenvalue weighted by Crippen LogP contribution is -2.61. The molecule has 4 heteroatoms. The van der Waals surface area contributed by atoms with Gasteiger partial charge in [-0.25, -0.2) is 0 Å². The molecule has 4 aliphatic carbocycles. The first-order valence-electron chi connectivity index (χ1n) is 12.1. The molecule has 1 saturated heterocycles. The van der Waals surface area contributed by atoms with Crippen LogP contribution < -0.4 is 0 Å². The fourth-order valence-electron chi connectivity index (χ4n) is 7.83. The van der Waals surface area contributed by atoms with Gasteiger partial charge in [0.25, 0.3) is 0 Å². The van der Waals surface area contributed by atoms with Crippen molar-refractivity contribution in [2.24, 2.45) is 17.3 Å². The van der Waals surface area contributed by atoms with Crippen molar-refractivity contribution in [3.8, 4) is 0 Å². The van der Waals surface area contributed by atoms with Crippen LogP contribution in [0.1, 0.15) is 49.7 Å². The predicted molar refractivity (Wildman–Crippen MR) is 121 cm³/mol. The van der Waals surface area contributed by atoms with Gasteiger partial charge < -0.3 is 4.90 Å². The number of hydrogen-bond donors (Lipinski definition) is 0. The second-order valence-corrected chi connectivity index (χ2v) is 10.8. The molecule has 2 aromatic rings. The Bertz CT molecular complexity index is 921. The average molecular weight is 416 g/mol. The maximum Gasteiger partial charge on any atom is 0.228 e. The Morgan fingerprint density at radius 1 is 0.903 bits per heavy atom. The lowest BCUT2D eigenvalue weighted by Gasteiger charge is -2.62. The number of carbonyl (C=O) groups excluding carboxylic acids is 1. The molecule has 0 spiro atoms. The minimum Gasteiger partial charge on any atom is -0.340 e. The number of benzene rings is 1. The first-order chi connectivity index (χ1) is 15.1. The quantitative estimate of drug-likeness (QED) is 0.748. The highest BCUT2D eigenvalue weighted by molar-refractivity contribution is 5.84. The van der Waals surface area contributed by atoms with E-state index >= 15 is 0 Å². The van der Waals surface area contributed by atoms with Crippen LogP contribution in [-0.4, -0.2) is 46.9 Å². The molecule has 162 valence electrons. The highest BCUT2D eigenvalue weighted by atomic mass is 16.2. The molecule has 4 saturated carbocycles. The smallest absolute Gasteiger partial charge is 0.228 e. The highest BCUT2D eigenvalue weighted by Crippen LogP contribution is 2.66. The topological polar surface area (TPSA) is 36.4 Å². The molecule has 0 unspecified atom stereocenters. The maximum atomic E-state index is 14.0. The van der Waals surface area contributed by atoms with E-state index in [2.05, 4.69) is 57.2 Å². The molecule has 1 aliphatic heterocycles. The number of pyridine rings is 1. The summed E-state index contributed by atoms with van der Waals surface area (Å²) in [6.45, 7) is 4.65. The lowest BCUT2D eigenvalue weighted by molar-refractivity contribution is -0.162. The zero-order valence-corrected chi connectivity index (χ0v) is 18.4. The predicted octanol–water partition coefficient (Wildman–Crippen LogP) is 4.26. The first-order valence-corrected chi connectivity index (χ1v) is 12.1. The summed E-state index contributed by atoms with van der Waals surface area (Å²) >= 11 is 0. The van der Waals surface area contributed by atoms with Gasteiger partial charge >= 0.3 is 0 Å². The van der Waals surface area contributed by atoms with Crippen molar-refractivity contribution in [2.75, 3.05) is 26.2 Å². The van der Waals surface area contributed by atoms with Crippen molar-refractivity contribution in [2.45, 2.75) is 50.5 Å². The normalized spacial score (nSPS) is 34.8. The van der Waals surface area contributed by atoms with Crippen LogP contribution >= 0.6 is 0 Å². The summed E-state index contributed by atoms with van der Waals surface area (Å²) in [5, 5.41) is 0. The van der Waals surface area contributed by atoms with Gasteiger partial charge in [-0.15, -0.1) is 0 Å². The minimum atomic E-state index is -0.104. The summed E-state index contributed by atoms with van der Waals surface area (Å²) in [5.74, 6) is 1.95. The number of hydrogen-bond acceptors (Lipinski definition) is 3. The SMILES string of the molecule is O=C(N1CCN(Cc2ccncc2)CC1)C12C[C@@H]3C[C@@H](C1)CC(c1ccccc1)(C3)C2. The zero-order valence-electron chi connectivity index (χ0n) is 18.4. The Labute approximate surface area is 185 Å². The van der Waals surface area contributed by atoms with E-state index in [1.54, 1.807) is 0 Å². The minimum absolute atomic E-state index is 0.104. The Balaban J connectivity index is 1.18. The van der Waals surface area contributed by atoms with Gasteiger partial charge in [-0.2, -0.15) is 0 Å².